The predicted octanol–water partition coefficient (Wildman–Crippen LogP) is 5.84. The molecule has 2 aromatic carbocycles. The van der Waals surface area contributed by atoms with Gasteiger partial charge in [0.15, 0.2) is 5.65 Å². The lowest BCUT2D eigenvalue weighted by Gasteiger charge is -2.33. The summed E-state index contributed by atoms with van der Waals surface area (Å²) in [5, 5.41) is 14.2. The number of benzene rings is 2. The number of ether oxygens (including phenoxy) is 1. The van der Waals surface area contributed by atoms with Crippen molar-refractivity contribution in [3.05, 3.63) is 95.3 Å². The van der Waals surface area contributed by atoms with E-state index in [1.165, 1.54) is 18.4 Å². The number of nitrogens with two attached hydrogens (primary N) is 2. The van der Waals surface area contributed by atoms with Gasteiger partial charge >= 0.3 is 6.03 Å². The van der Waals surface area contributed by atoms with E-state index in [2.05, 4.69) is 106 Å². The van der Waals surface area contributed by atoms with E-state index in [9.17, 15) is 4.79 Å². The first-order chi connectivity index (χ1) is 26.5. The summed E-state index contributed by atoms with van der Waals surface area (Å²) in [6.07, 6.45) is 9.94. The molecule has 5 heterocycles. The number of nitrogens with zero attached hydrogens (tertiary/aromatic N) is 7. The van der Waals surface area contributed by atoms with Gasteiger partial charge in [-0.05, 0) is 87.4 Å². The van der Waals surface area contributed by atoms with Crippen LogP contribution in [-0.4, -0.2) is 81.1 Å². The number of carbonyl (C=O) groups is 1. The fraction of sp³-hybridized carbons (Fsp3) is 0.488. The van der Waals surface area contributed by atoms with Crippen LogP contribution in [0.5, 0.6) is 5.75 Å². The second-order valence-electron chi connectivity index (χ2n) is 17.1. The van der Waals surface area contributed by atoms with E-state index in [0.717, 1.165) is 79.6 Å². The molecule has 290 valence electrons. The average molecular weight is 746 g/mol. The molecular formula is C43H57N10O2+. The molecule has 2 aromatic heterocycles. The minimum atomic E-state index is -0.394. The van der Waals surface area contributed by atoms with E-state index < -0.39 is 6.03 Å². The van der Waals surface area contributed by atoms with E-state index >= 15 is 0 Å². The van der Waals surface area contributed by atoms with Crippen molar-refractivity contribution in [2.24, 2.45) is 16.1 Å². The van der Waals surface area contributed by atoms with Gasteiger partial charge in [0.2, 0.25) is 11.8 Å². The predicted molar refractivity (Wildman–Crippen MR) is 216 cm³/mol. The van der Waals surface area contributed by atoms with Gasteiger partial charge in [-0.3, -0.25) is 14.6 Å². The van der Waals surface area contributed by atoms with Gasteiger partial charge < -0.3 is 25.6 Å². The maximum Gasteiger partial charge on any atom is 0.346 e. The lowest BCUT2D eigenvalue weighted by Crippen LogP contribution is -2.82. The van der Waals surface area contributed by atoms with Crippen LogP contribution in [0.15, 0.2) is 83.6 Å². The molecule has 0 unspecified atom stereocenters. The van der Waals surface area contributed by atoms with Crippen LogP contribution in [-0.2, 0) is 6.54 Å². The van der Waals surface area contributed by atoms with Crippen LogP contribution in [0.2, 0.25) is 0 Å². The standard InChI is InChI=1S/C43H56N10O2/c1-28-11-8-9-20-52(28)42-49-48-40-19-16-33(27-53(40)42)55-37-18-17-36(34-14-6-7-15-35(34)37)46-41(54)47-39(23-38(44)43(2,3)4)45-30-13-10-12-29(21-30)24-51-26-31-22-32(51)25-50(31)5/h6-7,10,12-16,19,21,23,27-28,31-32,36-37H,8-9,11,17-18,20,22,24-26,44H2,1-5H3,(H2,45,46,47,54)/p+1/b38-23-/t28-,31-,32-,36-,37+/m0/s1. The summed E-state index contributed by atoms with van der Waals surface area (Å²) in [7, 11) is 2.23. The normalized spacial score (nSPS) is 25.0. The SMILES string of the molecule is C[C@H]1CCCCN1c1nnc2ccc(O[C@@H]3CC[C@H](NC(=O)/N=C(\C=C(/N)C(C)(C)C)[NH2+]c4cccc(CN5C[C@@H]6C[C@H]5CN6C)c4)c4ccccc43)cn12. The summed E-state index contributed by atoms with van der Waals surface area (Å²) in [5.74, 6) is 2.15. The number of rotatable bonds is 8. The van der Waals surface area contributed by atoms with Gasteiger partial charge in [0.05, 0.1) is 12.2 Å². The number of hydrogen-bond acceptors (Lipinski definition) is 8. The van der Waals surface area contributed by atoms with Crippen molar-refractivity contribution in [2.75, 3.05) is 31.6 Å². The van der Waals surface area contributed by atoms with Crippen molar-refractivity contribution in [3.8, 4) is 5.75 Å². The first kappa shape index (κ1) is 37.2. The van der Waals surface area contributed by atoms with Crippen molar-refractivity contribution in [1.29, 1.82) is 0 Å². The van der Waals surface area contributed by atoms with E-state index in [0.29, 0.717) is 36.1 Å². The molecule has 1 aliphatic carbocycles. The number of anilines is 1. The van der Waals surface area contributed by atoms with Gasteiger partial charge in [0.25, 0.3) is 0 Å². The molecule has 4 aliphatic rings. The maximum absolute atomic E-state index is 13.8. The van der Waals surface area contributed by atoms with Crippen molar-refractivity contribution in [1.82, 2.24) is 29.7 Å². The Morgan fingerprint density at radius 3 is 2.62 bits per heavy atom. The van der Waals surface area contributed by atoms with Crippen LogP contribution in [0, 0.1) is 5.41 Å². The van der Waals surface area contributed by atoms with Gasteiger partial charge in [-0.25, -0.2) is 4.79 Å². The third kappa shape index (κ3) is 8.13. The fourth-order valence-electron chi connectivity index (χ4n) is 8.82. The topological polar surface area (TPSA) is 133 Å². The highest BCUT2D eigenvalue weighted by Crippen LogP contribution is 2.39. The minimum absolute atomic E-state index is 0.165. The molecule has 55 heavy (non-hydrogen) atoms. The number of amidine groups is 1. The number of pyridine rings is 1. The molecule has 5 atom stereocenters. The second-order valence-corrected chi connectivity index (χ2v) is 17.1. The number of piperidine rings is 1. The molecule has 0 spiro atoms. The third-order valence-corrected chi connectivity index (χ3v) is 12.1. The van der Waals surface area contributed by atoms with Crippen LogP contribution in [0.1, 0.15) is 95.1 Å². The molecule has 2 bridgehead atoms. The van der Waals surface area contributed by atoms with Gasteiger partial charge in [-0.1, -0.05) is 57.2 Å². The summed E-state index contributed by atoms with van der Waals surface area (Å²) in [6.45, 7) is 12.6. The Hall–Kier alpha value is -4.78. The summed E-state index contributed by atoms with van der Waals surface area (Å²) in [4.78, 5) is 25.8. The molecule has 3 aliphatic heterocycles. The zero-order valence-corrected chi connectivity index (χ0v) is 33.0. The number of quaternary nitrogens is 1. The number of aromatic nitrogens is 3. The number of nitrogens with one attached hydrogen (secondary N) is 1. The van der Waals surface area contributed by atoms with Gasteiger partial charge in [-0.2, -0.15) is 0 Å². The molecular weight excluding hydrogens is 689 g/mol. The second kappa shape index (κ2) is 15.4. The number of urea groups is 1. The highest BCUT2D eigenvalue weighted by atomic mass is 16.5. The molecule has 2 amide bonds. The van der Waals surface area contributed by atoms with E-state index in [-0.39, 0.29) is 17.6 Å². The van der Waals surface area contributed by atoms with E-state index in [1.54, 1.807) is 0 Å². The maximum atomic E-state index is 13.8. The molecule has 0 saturated carbocycles. The zero-order valence-electron chi connectivity index (χ0n) is 33.0. The Bertz CT molecular complexity index is 2080. The fourth-order valence-corrected chi connectivity index (χ4v) is 8.82. The number of hydrogen-bond donors (Lipinski definition) is 3. The Kier molecular flexibility index (Phi) is 10.4. The smallest absolute Gasteiger partial charge is 0.346 e. The first-order valence-corrected chi connectivity index (χ1v) is 20.1. The Morgan fingerprint density at radius 1 is 1.02 bits per heavy atom. The van der Waals surface area contributed by atoms with Crippen LogP contribution in [0.4, 0.5) is 16.4 Å². The lowest BCUT2D eigenvalue weighted by atomic mass is 9.85. The number of likely N-dealkylation sites (N-methyl/N-ethyl adjacent to an activating group) is 1. The van der Waals surface area contributed by atoms with Crippen LogP contribution < -0.4 is 26.0 Å². The monoisotopic (exact) mass is 745 g/mol. The summed E-state index contributed by atoms with van der Waals surface area (Å²) < 4.78 is 8.74. The Balaban J connectivity index is 0.978. The lowest BCUT2D eigenvalue weighted by molar-refractivity contribution is -0.441. The molecule has 0 radical (unpaired) electrons. The molecule has 4 aromatic rings. The minimum Gasteiger partial charge on any atom is -0.484 e. The molecule has 5 N–H and O–H groups in total. The van der Waals surface area contributed by atoms with Crippen LogP contribution in [0.25, 0.3) is 5.65 Å². The van der Waals surface area contributed by atoms with E-state index in [4.69, 9.17) is 10.5 Å². The van der Waals surface area contributed by atoms with E-state index in [1.807, 2.05) is 46.3 Å². The van der Waals surface area contributed by atoms with Crippen molar-refractivity contribution in [2.45, 2.75) is 103 Å². The number of fused-ring (bicyclic) bond motifs is 4. The Labute approximate surface area is 324 Å². The highest BCUT2D eigenvalue weighted by Gasteiger charge is 2.41. The number of piperazine rings is 1. The highest BCUT2D eigenvalue weighted by molar-refractivity contribution is 5.96. The van der Waals surface area contributed by atoms with Crippen molar-refractivity contribution >= 4 is 29.1 Å². The summed E-state index contributed by atoms with van der Waals surface area (Å²) >= 11 is 0. The number of aliphatic imine (C=N–C) groups is 1. The van der Waals surface area contributed by atoms with Crippen LogP contribution in [0.3, 0.4) is 0 Å². The quantitative estimate of drug-likeness (QED) is 0.116. The molecule has 3 fully saturated rings. The first-order valence-electron chi connectivity index (χ1n) is 20.1. The third-order valence-electron chi connectivity index (χ3n) is 12.1. The largest absolute Gasteiger partial charge is 0.484 e. The average Bonchev–Trinajstić information content (AvgIpc) is 3.86. The number of amides is 2. The summed E-state index contributed by atoms with van der Waals surface area (Å²) in [5.41, 5.74) is 12.1. The Morgan fingerprint density at radius 2 is 1.85 bits per heavy atom. The van der Waals surface area contributed by atoms with Gasteiger partial charge in [0.1, 0.15) is 17.5 Å². The van der Waals surface area contributed by atoms with Gasteiger partial charge in [-0.15, -0.1) is 15.2 Å². The van der Waals surface area contributed by atoms with Crippen molar-refractivity contribution < 1.29 is 14.8 Å². The van der Waals surface area contributed by atoms with Crippen molar-refractivity contribution in [3.63, 3.8) is 0 Å². The summed E-state index contributed by atoms with van der Waals surface area (Å²) in [6, 6.07) is 21.8. The zero-order chi connectivity index (χ0) is 38.3. The molecule has 3 saturated heterocycles. The molecule has 8 rings (SSSR count). The van der Waals surface area contributed by atoms with Gasteiger partial charge in [0, 0.05) is 67.6 Å². The number of allylic oxidation sites excluding steroid dienone is 1. The molecule has 12 heteroatoms. The number of likely N-dealkylation sites (tertiary alicyclic amines) is 2. The van der Waals surface area contributed by atoms with Crippen LogP contribution >= 0.6 is 0 Å². The molecule has 12 nitrogen and oxygen atoms in total. The number of carbonyl (C=O) groups excluding carboxylic acids is 1.